The van der Waals surface area contributed by atoms with E-state index in [9.17, 15) is 9.18 Å². The normalized spacial score (nSPS) is 16.4. The van der Waals surface area contributed by atoms with Crippen LogP contribution in [0, 0.1) is 11.7 Å². The zero-order valence-corrected chi connectivity index (χ0v) is 10.7. The van der Waals surface area contributed by atoms with Gasteiger partial charge in [-0.3, -0.25) is 4.79 Å². The Kier molecular flexibility index (Phi) is 3.76. The van der Waals surface area contributed by atoms with E-state index in [2.05, 4.69) is 0 Å². The third-order valence-electron chi connectivity index (χ3n) is 3.26. The Balaban J connectivity index is 2.39. The number of hydrogen-bond acceptors (Lipinski definition) is 2. The Morgan fingerprint density at radius 2 is 2.28 bits per heavy atom. The SMILES string of the molecule is COc1cc(F)c(Cl)cc1C(CC(=O)O)C1CC1. The molecule has 1 aromatic carbocycles. The molecule has 0 saturated heterocycles. The minimum absolute atomic E-state index is 0.00170. The summed E-state index contributed by atoms with van der Waals surface area (Å²) in [6.45, 7) is 0. The topological polar surface area (TPSA) is 46.5 Å². The van der Waals surface area contributed by atoms with Crippen LogP contribution in [0.2, 0.25) is 5.02 Å². The third kappa shape index (κ3) is 2.75. The highest BCUT2D eigenvalue weighted by Crippen LogP contribution is 2.47. The van der Waals surface area contributed by atoms with E-state index in [1.165, 1.54) is 19.2 Å². The molecule has 0 radical (unpaired) electrons. The molecule has 1 fully saturated rings. The number of benzene rings is 1. The largest absolute Gasteiger partial charge is 0.496 e. The summed E-state index contributed by atoms with van der Waals surface area (Å²) in [4.78, 5) is 10.9. The molecule has 0 bridgehead atoms. The van der Waals surface area contributed by atoms with Gasteiger partial charge >= 0.3 is 5.97 Å². The number of carbonyl (C=O) groups is 1. The molecule has 98 valence electrons. The minimum Gasteiger partial charge on any atom is -0.496 e. The summed E-state index contributed by atoms with van der Waals surface area (Å²) in [6.07, 6.45) is 2.01. The van der Waals surface area contributed by atoms with Crippen molar-refractivity contribution in [3.8, 4) is 5.75 Å². The van der Waals surface area contributed by atoms with Crippen LogP contribution in [0.4, 0.5) is 4.39 Å². The first-order chi connectivity index (χ1) is 8.52. The van der Waals surface area contributed by atoms with Crippen molar-refractivity contribution >= 4 is 17.6 Å². The van der Waals surface area contributed by atoms with Crippen LogP contribution in [-0.2, 0) is 4.79 Å². The van der Waals surface area contributed by atoms with Crippen LogP contribution < -0.4 is 4.74 Å². The van der Waals surface area contributed by atoms with Crippen LogP contribution >= 0.6 is 11.6 Å². The standard InChI is InChI=1S/C13H14ClFO3/c1-18-12-6-11(15)10(14)4-9(12)8(5-13(16)17)7-2-3-7/h4,6-8H,2-3,5H2,1H3,(H,16,17). The number of hydrogen-bond donors (Lipinski definition) is 1. The molecule has 0 aliphatic heterocycles. The summed E-state index contributed by atoms with van der Waals surface area (Å²) in [6, 6.07) is 2.70. The number of aliphatic carboxylic acids is 1. The maximum absolute atomic E-state index is 13.4. The summed E-state index contributed by atoms with van der Waals surface area (Å²) in [5.41, 5.74) is 0.689. The van der Waals surface area contributed by atoms with E-state index < -0.39 is 11.8 Å². The summed E-state index contributed by atoms with van der Waals surface area (Å²) < 4.78 is 18.5. The lowest BCUT2D eigenvalue weighted by molar-refractivity contribution is -0.137. The van der Waals surface area contributed by atoms with E-state index in [1.54, 1.807) is 0 Å². The lowest BCUT2D eigenvalue weighted by atomic mass is 9.90. The summed E-state index contributed by atoms with van der Waals surface area (Å²) in [7, 11) is 1.44. The minimum atomic E-state index is -0.866. The monoisotopic (exact) mass is 272 g/mol. The molecule has 0 heterocycles. The summed E-state index contributed by atoms with van der Waals surface area (Å²) in [5.74, 6) is -0.876. The molecule has 1 N–H and O–H groups in total. The number of methoxy groups -OCH3 is 1. The summed E-state index contributed by atoms with van der Waals surface area (Å²) in [5, 5.41) is 8.96. The highest BCUT2D eigenvalue weighted by molar-refractivity contribution is 6.30. The zero-order valence-electron chi connectivity index (χ0n) is 9.95. The van der Waals surface area contributed by atoms with E-state index in [4.69, 9.17) is 21.4 Å². The first kappa shape index (κ1) is 13.1. The fraction of sp³-hybridized carbons (Fsp3) is 0.462. The molecule has 0 spiro atoms. The van der Waals surface area contributed by atoms with Crippen LogP contribution in [0.3, 0.4) is 0 Å². The van der Waals surface area contributed by atoms with Crippen molar-refractivity contribution in [3.63, 3.8) is 0 Å². The van der Waals surface area contributed by atoms with Crippen LogP contribution in [0.15, 0.2) is 12.1 Å². The van der Waals surface area contributed by atoms with E-state index in [0.717, 1.165) is 12.8 Å². The van der Waals surface area contributed by atoms with E-state index >= 15 is 0 Å². The second-order valence-corrected chi connectivity index (χ2v) is 4.96. The van der Waals surface area contributed by atoms with Gasteiger partial charge in [-0.05, 0) is 30.4 Å². The smallest absolute Gasteiger partial charge is 0.303 e. The van der Waals surface area contributed by atoms with Crippen molar-refractivity contribution in [1.29, 1.82) is 0 Å². The second kappa shape index (κ2) is 5.14. The molecule has 0 amide bonds. The van der Waals surface area contributed by atoms with Crippen LogP contribution in [0.25, 0.3) is 0 Å². The number of carboxylic acid groups (broad SMARTS) is 1. The number of rotatable bonds is 5. The molecule has 18 heavy (non-hydrogen) atoms. The Labute approximate surface area is 110 Å². The highest BCUT2D eigenvalue weighted by atomic mass is 35.5. The van der Waals surface area contributed by atoms with Crippen LogP contribution in [-0.4, -0.2) is 18.2 Å². The maximum atomic E-state index is 13.4. The molecule has 1 aromatic rings. The molecular weight excluding hydrogens is 259 g/mol. The predicted octanol–water partition coefficient (Wildman–Crippen LogP) is 3.46. The molecule has 5 heteroatoms. The van der Waals surface area contributed by atoms with Gasteiger partial charge in [0.1, 0.15) is 11.6 Å². The van der Waals surface area contributed by atoms with Crippen molar-refractivity contribution in [1.82, 2.24) is 0 Å². The van der Waals surface area contributed by atoms with Gasteiger partial charge in [0.2, 0.25) is 0 Å². The van der Waals surface area contributed by atoms with E-state index in [0.29, 0.717) is 17.2 Å². The van der Waals surface area contributed by atoms with Crippen molar-refractivity contribution < 1.29 is 19.0 Å². The second-order valence-electron chi connectivity index (χ2n) is 4.55. The molecule has 1 aliphatic rings. The lowest BCUT2D eigenvalue weighted by Crippen LogP contribution is -2.10. The number of carboxylic acids is 1. The average Bonchev–Trinajstić information content (AvgIpc) is 3.13. The van der Waals surface area contributed by atoms with Gasteiger partial charge in [0, 0.05) is 12.0 Å². The number of ether oxygens (including phenoxy) is 1. The molecule has 0 aromatic heterocycles. The van der Waals surface area contributed by atoms with Gasteiger partial charge < -0.3 is 9.84 Å². The van der Waals surface area contributed by atoms with Gasteiger partial charge in [0.05, 0.1) is 18.6 Å². The Morgan fingerprint density at radius 3 is 2.78 bits per heavy atom. The van der Waals surface area contributed by atoms with Gasteiger partial charge in [-0.25, -0.2) is 4.39 Å². The van der Waals surface area contributed by atoms with Gasteiger partial charge in [-0.2, -0.15) is 0 Å². The van der Waals surface area contributed by atoms with E-state index in [-0.39, 0.29) is 17.4 Å². The first-order valence-corrected chi connectivity index (χ1v) is 6.15. The molecule has 1 saturated carbocycles. The molecule has 3 nitrogen and oxygen atoms in total. The Hall–Kier alpha value is -1.29. The predicted molar refractivity (Wildman–Crippen MR) is 65.7 cm³/mol. The van der Waals surface area contributed by atoms with Crippen molar-refractivity contribution in [2.24, 2.45) is 5.92 Å². The van der Waals surface area contributed by atoms with Crippen molar-refractivity contribution in [2.45, 2.75) is 25.2 Å². The molecule has 2 rings (SSSR count). The Morgan fingerprint density at radius 1 is 1.61 bits per heavy atom. The molecule has 1 unspecified atom stereocenters. The highest BCUT2D eigenvalue weighted by Gasteiger charge is 2.35. The van der Waals surface area contributed by atoms with Gasteiger partial charge in [0.15, 0.2) is 0 Å². The summed E-state index contributed by atoms with van der Waals surface area (Å²) >= 11 is 5.77. The van der Waals surface area contributed by atoms with Gasteiger partial charge in [0.25, 0.3) is 0 Å². The number of halogens is 2. The molecule has 1 aliphatic carbocycles. The van der Waals surface area contributed by atoms with Crippen molar-refractivity contribution in [2.75, 3.05) is 7.11 Å². The van der Waals surface area contributed by atoms with Gasteiger partial charge in [-0.15, -0.1) is 0 Å². The third-order valence-corrected chi connectivity index (χ3v) is 3.55. The fourth-order valence-corrected chi connectivity index (χ4v) is 2.40. The average molecular weight is 273 g/mol. The first-order valence-electron chi connectivity index (χ1n) is 5.77. The maximum Gasteiger partial charge on any atom is 0.303 e. The van der Waals surface area contributed by atoms with Crippen LogP contribution in [0.1, 0.15) is 30.7 Å². The van der Waals surface area contributed by atoms with Crippen molar-refractivity contribution in [3.05, 3.63) is 28.5 Å². The zero-order chi connectivity index (χ0) is 13.3. The Bertz CT molecular complexity index is 472. The molecular formula is C13H14ClFO3. The van der Waals surface area contributed by atoms with Gasteiger partial charge in [-0.1, -0.05) is 11.6 Å². The molecule has 1 atom stereocenters. The fourth-order valence-electron chi connectivity index (χ4n) is 2.23. The van der Waals surface area contributed by atoms with E-state index in [1.807, 2.05) is 0 Å². The lowest BCUT2D eigenvalue weighted by Gasteiger charge is -2.18. The quantitative estimate of drug-likeness (QED) is 0.893. The van der Waals surface area contributed by atoms with Crippen LogP contribution in [0.5, 0.6) is 5.75 Å².